The summed E-state index contributed by atoms with van der Waals surface area (Å²) in [4.78, 5) is 29.7. The monoisotopic (exact) mass is 522 g/mol. The third-order valence-corrected chi connectivity index (χ3v) is 8.03. The molecule has 3 unspecified atom stereocenters. The summed E-state index contributed by atoms with van der Waals surface area (Å²) in [5, 5.41) is 5.20. The number of ether oxygens (including phenoxy) is 2. The molecule has 3 atom stereocenters. The first kappa shape index (κ1) is 28.1. The second-order valence-electron chi connectivity index (χ2n) is 10.5. The number of hydrazine groups is 1. The highest BCUT2D eigenvalue weighted by Crippen LogP contribution is 2.27. The summed E-state index contributed by atoms with van der Waals surface area (Å²) >= 11 is 0. The highest BCUT2D eigenvalue weighted by Gasteiger charge is 2.43. The molecule has 4 rings (SSSR count). The molecule has 2 amide bonds. The average molecular weight is 523 g/mol. The highest BCUT2D eigenvalue weighted by atomic mass is 16.5. The minimum atomic E-state index is -0.558. The van der Waals surface area contributed by atoms with E-state index in [1.807, 2.05) is 66.5 Å². The molecule has 2 saturated heterocycles. The van der Waals surface area contributed by atoms with E-state index in [1.54, 1.807) is 7.11 Å². The predicted molar refractivity (Wildman–Crippen MR) is 147 cm³/mol. The van der Waals surface area contributed by atoms with Crippen LogP contribution in [0.25, 0.3) is 0 Å². The van der Waals surface area contributed by atoms with Crippen molar-refractivity contribution < 1.29 is 19.1 Å². The molecule has 2 aromatic rings. The second kappa shape index (κ2) is 13.7. The molecule has 38 heavy (non-hydrogen) atoms. The Kier molecular flexibility index (Phi) is 10.1. The van der Waals surface area contributed by atoms with Crippen molar-refractivity contribution in [2.45, 2.75) is 51.2 Å². The van der Waals surface area contributed by atoms with Crippen LogP contribution in [0.3, 0.4) is 0 Å². The molecular formula is C30H42N4O4. The summed E-state index contributed by atoms with van der Waals surface area (Å²) in [6.45, 7) is 5.18. The van der Waals surface area contributed by atoms with Gasteiger partial charge in [-0.25, -0.2) is 5.01 Å². The molecule has 0 aliphatic carbocycles. The lowest BCUT2D eigenvalue weighted by atomic mass is 9.89. The molecule has 8 nitrogen and oxygen atoms in total. The van der Waals surface area contributed by atoms with E-state index in [2.05, 4.69) is 22.7 Å². The number of amides is 2. The Morgan fingerprint density at radius 1 is 1.11 bits per heavy atom. The first-order valence-corrected chi connectivity index (χ1v) is 13.7. The Morgan fingerprint density at radius 3 is 2.45 bits per heavy atom. The topological polar surface area (TPSA) is 83.1 Å². The molecule has 206 valence electrons. The summed E-state index contributed by atoms with van der Waals surface area (Å²) in [6, 6.07) is 17.3. The fourth-order valence-electron chi connectivity index (χ4n) is 5.45. The van der Waals surface area contributed by atoms with Crippen molar-refractivity contribution in [3.63, 3.8) is 0 Å². The first-order valence-electron chi connectivity index (χ1n) is 13.7. The van der Waals surface area contributed by atoms with E-state index >= 15 is 0 Å². The molecule has 2 aliphatic rings. The van der Waals surface area contributed by atoms with Gasteiger partial charge in [0.15, 0.2) is 0 Å². The molecule has 2 N–H and O–H groups in total. The molecule has 2 aliphatic heterocycles. The predicted octanol–water partition coefficient (Wildman–Crippen LogP) is 3.02. The molecule has 8 heteroatoms. The Balaban J connectivity index is 1.55. The van der Waals surface area contributed by atoms with Gasteiger partial charge in [-0.3, -0.25) is 15.0 Å². The Morgan fingerprint density at radius 2 is 1.82 bits per heavy atom. The minimum absolute atomic E-state index is 0.0222. The normalized spacial score (nSPS) is 21.1. The van der Waals surface area contributed by atoms with Gasteiger partial charge >= 0.3 is 0 Å². The van der Waals surface area contributed by atoms with Gasteiger partial charge in [0.1, 0.15) is 11.8 Å². The van der Waals surface area contributed by atoms with Crippen LogP contribution in [0.4, 0.5) is 0 Å². The zero-order valence-electron chi connectivity index (χ0n) is 22.9. The molecule has 0 bridgehead atoms. The maximum Gasteiger partial charge on any atom is 0.243 e. The zero-order chi connectivity index (χ0) is 26.9. The molecule has 2 heterocycles. The summed E-state index contributed by atoms with van der Waals surface area (Å²) in [5.41, 5.74) is 5.49. The van der Waals surface area contributed by atoms with E-state index in [1.165, 1.54) is 0 Å². The number of carbonyl (C=O) groups excluding carboxylic acids is 2. The molecular weight excluding hydrogens is 480 g/mol. The van der Waals surface area contributed by atoms with Crippen LogP contribution in [0, 0.1) is 11.8 Å². The second-order valence-corrected chi connectivity index (χ2v) is 10.5. The Hall–Kier alpha value is -2.94. The van der Waals surface area contributed by atoms with E-state index < -0.39 is 6.04 Å². The van der Waals surface area contributed by atoms with Crippen LogP contribution in [0.2, 0.25) is 0 Å². The van der Waals surface area contributed by atoms with Gasteiger partial charge in [0.05, 0.1) is 7.11 Å². The van der Waals surface area contributed by atoms with Gasteiger partial charge < -0.3 is 19.7 Å². The van der Waals surface area contributed by atoms with Crippen LogP contribution in [0.5, 0.6) is 5.75 Å². The minimum Gasteiger partial charge on any atom is -0.497 e. The van der Waals surface area contributed by atoms with Gasteiger partial charge in [0.25, 0.3) is 0 Å². The van der Waals surface area contributed by atoms with Crippen molar-refractivity contribution in [2.24, 2.45) is 11.8 Å². The van der Waals surface area contributed by atoms with Crippen molar-refractivity contribution in [1.82, 2.24) is 20.7 Å². The van der Waals surface area contributed by atoms with Crippen molar-refractivity contribution in [3.05, 3.63) is 65.7 Å². The lowest BCUT2D eigenvalue weighted by Crippen LogP contribution is -2.57. The van der Waals surface area contributed by atoms with Gasteiger partial charge in [-0.15, -0.1) is 0 Å². The van der Waals surface area contributed by atoms with Gasteiger partial charge in [-0.05, 0) is 55.4 Å². The summed E-state index contributed by atoms with van der Waals surface area (Å²) < 4.78 is 10.8. The van der Waals surface area contributed by atoms with E-state index in [9.17, 15) is 9.59 Å². The highest BCUT2D eigenvalue weighted by molar-refractivity contribution is 5.88. The number of nitrogens with one attached hydrogen (secondary N) is 2. The summed E-state index contributed by atoms with van der Waals surface area (Å²) in [5.74, 6) is 1.02. The van der Waals surface area contributed by atoms with Gasteiger partial charge in [0.2, 0.25) is 11.8 Å². The number of methoxy groups -OCH3 is 1. The number of rotatable bonds is 11. The van der Waals surface area contributed by atoms with Gasteiger partial charge in [-0.1, -0.05) is 42.5 Å². The zero-order valence-corrected chi connectivity index (χ0v) is 22.9. The maximum absolute atomic E-state index is 13.9. The van der Waals surface area contributed by atoms with Crippen LogP contribution < -0.4 is 15.5 Å². The third-order valence-electron chi connectivity index (χ3n) is 8.03. The van der Waals surface area contributed by atoms with Gasteiger partial charge in [0, 0.05) is 58.3 Å². The summed E-state index contributed by atoms with van der Waals surface area (Å²) in [6.07, 6.45) is 2.77. The standard InChI is InChI=1S/C30H42N4O4/c1-22-27(20-32-33(22)2)29(30(36)31-19-24-7-5-4-6-8-24)34(21-25-15-17-38-18-16-25)28(35)14-11-23-9-12-26(37-3)13-10-23/h4-10,12-13,22,25,27,29,32H,11,14-21H2,1-3H3,(H,31,36). The fourth-order valence-corrected chi connectivity index (χ4v) is 5.45. The Bertz CT molecular complexity index is 1030. The van der Waals surface area contributed by atoms with Crippen LogP contribution in [-0.4, -0.2) is 74.3 Å². The smallest absolute Gasteiger partial charge is 0.243 e. The molecule has 0 spiro atoms. The van der Waals surface area contributed by atoms with E-state index in [-0.39, 0.29) is 23.8 Å². The third kappa shape index (κ3) is 7.34. The Labute approximate surface area is 226 Å². The van der Waals surface area contributed by atoms with Crippen molar-refractivity contribution >= 4 is 11.8 Å². The van der Waals surface area contributed by atoms with Crippen LogP contribution in [-0.2, 0) is 27.3 Å². The quantitative estimate of drug-likeness (QED) is 0.472. The van der Waals surface area contributed by atoms with Crippen molar-refractivity contribution in [3.8, 4) is 5.75 Å². The van der Waals surface area contributed by atoms with E-state index in [0.717, 1.165) is 29.7 Å². The van der Waals surface area contributed by atoms with E-state index in [4.69, 9.17) is 9.47 Å². The van der Waals surface area contributed by atoms with Crippen LogP contribution >= 0.6 is 0 Å². The number of benzene rings is 2. The SMILES string of the molecule is COc1ccc(CCC(=O)N(CC2CCOCC2)C(C(=O)NCc2ccccc2)C2CNN(C)C2C)cc1. The molecule has 0 saturated carbocycles. The van der Waals surface area contributed by atoms with Crippen LogP contribution in [0.1, 0.15) is 37.3 Å². The number of aryl methyl sites for hydroxylation is 1. The summed E-state index contributed by atoms with van der Waals surface area (Å²) in [7, 11) is 3.64. The van der Waals surface area contributed by atoms with Crippen molar-refractivity contribution in [2.75, 3.05) is 40.5 Å². The number of carbonyl (C=O) groups is 2. The van der Waals surface area contributed by atoms with Crippen molar-refractivity contribution in [1.29, 1.82) is 0 Å². The number of nitrogens with zero attached hydrogens (tertiary/aromatic N) is 2. The van der Waals surface area contributed by atoms with E-state index in [0.29, 0.717) is 51.6 Å². The largest absolute Gasteiger partial charge is 0.497 e. The molecule has 0 radical (unpaired) electrons. The molecule has 2 aromatic carbocycles. The first-order chi connectivity index (χ1) is 18.5. The van der Waals surface area contributed by atoms with Gasteiger partial charge in [-0.2, -0.15) is 0 Å². The lowest BCUT2D eigenvalue weighted by Gasteiger charge is -2.39. The maximum atomic E-state index is 13.9. The fraction of sp³-hybridized carbons (Fsp3) is 0.533. The average Bonchev–Trinajstić information content (AvgIpc) is 3.28. The molecule has 0 aromatic heterocycles. The lowest BCUT2D eigenvalue weighted by molar-refractivity contribution is -0.144. The molecule has 2 fully saturated rings. The number of hydrogen-bond acceptors (Lipinski definition) is 6. The van der Waals surface area contributed by atoms with Crippen LogP contribution in [0.15, 0.2) is 54.6 Å². The number of hydrogen-bond donors (Lipinski definition) is 2.